The summed E-state index contributed by atoms with van der Waals surface area (Å²) in [5, 5.41) is 0. The average molecular weight is 371 g/mol. The lowest BCUT2D eigenvalue weighted by Gasteiger charge is -2.31. The third kappa shape index (κ3) is 5.45. The van der Waals surface area contributed by atoms with Crippen LogP contribution in [0.25, 0.3) is 0 Å². The normalized spacial score (nSPS) is 19.1. The van der Waals surface area contributed by atoms with Gasteiger partial charge in [0.1, 0.15) is 0 Å². The highest BCUT2D eigenvalue weighted by atomic mass is 19.4. The minimum Gasteiger partial charge on any atom is -0.340 e. The van der Waals surface area contributed by atoms with Crippen LogP contribution < -0.4 is 5.73 Å². The van der Waals surface area contributed by atoms with Gasteiger partial charge < -0.3 is 10.6 Å². The van der Waals surface area contributed by atoms with Crippen molar-refractivity contribution in [3.8, 4) is 0 Å². The summed E-state index contributed by atoms with van der Waals surface area (Å²) in [6.45, 7) is 7.12. The summed E-state index contributed by atoms with van der Waals surface area (Å²) in [4.78, 5) is 16.6. The molecule has 2 N–H and O–H groups in total. The fourth-order valence-corrected chi connectivity index (χ4v) is 3.38. The first kappa shape index (κ1) is 20.7. The summed E-state index contributed by atoms with van der Waals surface area (Å²) >= 11 is 0. The number of hydrogen-bond donors (Lipinski definition) is 1. The molecule has 26 heavy (non-hydrogen) atoms. The molecular weight excluding hydrogens is 343 g/mol. The van der Waals surface area contributed by atoms with Gasteiger partial charge in [-0.15, -0.1) is 0 Å². The first-order chi connectivity index (χ1) is 12.1. The molecule has 1 fully saturated rings. The predicted octanol–water partition coefficient (Wildman–Crippen LogP) is 3.26. The van der Waals surface area contributed by atoms with E-state index in [0.717, 1.165) is 37.1 Å². The summed E-state index contributed by atoms with van der Waals surface area (Å²) in [5.74, 6) is -0.0178. The zero-order chi connectivity index (χ0) is 19.4. The monoisotopic (exact) mass is 371 g/mol. The van der Waals surface area contributed by atoms with Gasteiger partial charge in [-0.05, 0) is 37.5 Å². The number of benzene rings is 1. The molecule has 1 heterocycles. The third-order valence-electron chi connectivity index (χ3n) is 4.82. The second-order valence-electron chi connectivity index (χ2n) is 7.28. The number of hydrogen-bond acceptors (Lipinski definition) is 3. The highest BCUT2D eigenvalue weighted by molar-refractivity contribution is 5.85. The Morgan fingerprint density at radius 3 is 2.35 bits per heavy atom. The zero-order valence-electron chi connectivity index (χ0n) is 15.5. The van der Waals surface area contributed by atoms with Gasteiger partial charge in [-0.2, -0.15) is 13.2 Å². The SMILES string of the molecule is CCCC(C)(N)C(=O)N1CCCN(Cc2ccc(C(F)(F)F)cc2)CC1. The van der Waals surface area contributed by atoms with E-state index in [1.165, 1.54) is 12.1 Å². The maximum Gasteiger partial charge on any atom is 0.416 e. The van der Waals surface area contributed by atoms with Crippen molar-refractivity contribution >= 4 is 5.91 Å². The molecule has 0 aromatic heterocycles. The van der Waals surface area contributed by atoms with E-state index >= 15 is 0 Å². The Balaban J connectivity index is 1.93. The lowest BCUT2D eigenvalue weighted by Crippen LogP contribution is -2.53. The van der Waals surface area contributed by atoms with Crippen LogP contribution in [0.2, 0.25) is 0 Å². The number of nitrogens with two attached hydrogens (primary N) is 1. The lowest BCUT2D eigenvalue weighted by molar-refractivity contribution is -0.138. The smallest absolute Gasteiger partial charge is 0.340 e. The van der Waals surface area contributed by atoms with Gasteiger partial charge >= 0.3 is 6.18 Å². The van der Waals surface area contributed by atoms with Gasteiger partial charge in [-0.3, -0.25) is 9.69 Å². The number of rotatable bonds is 5. The van der Waals surface area contributed by atoms with Gasteiger partial charge in [-0.25, -0.2) is 0 Å². The lowest BCUT2D eigenvalue weighted by atomic mass is 9.95. The molecular formula is C19H28F3N3O. The van der Waals surface area contributed by atoms with Gasteiger partial charge in [0, 0.05) is 32.7 Å². The number of amides is 1. The van der Waals surface area contributed by atoms with Crippen LogP contribution >= 0.6 is 0 Å². The van der Waals surface area contributed by atoms with Crippen molar-refractivity contribution in [1.82, 2.24) is 9.80 Å². The Kier molecular flexibility index (Phi) is 6.69. The quantitative estimate of drug-likeness (QED) is 0.864. The molecule has 1 aromatic carbocycles. The van der Waals surface area contributed by atoms with E-state index in [4.69, 9.17) is 5.73 Å². The molecule has 1 saturated heterocycles. The highest BCUT2D eigenvalue weighted by Crippen LogP contribution is 2.29. The number of halogens is 3. The number of nitrogens with zero attached hydrogens (tertiary/aromatic N) is 2. The molecule has 2 rings (SSSR count). The van der Waals surface area contributed by atoms with E-state index in [1.807, 2.05) is 11.8 Å². The Morgan fingerprint density at radius 2 is 1.77 bits per heavy atom. The topological polar surface area (TPSA) is 49.6 Å². The summed E-state index contributed by atoms with van der Waals surface area (Å²) in [6.07, 6.45) is -1.98. The minimum atomic E-state index is -4.31. The van der Waals surface area contributed by atoms with Crippen LogP contribution in [0.3, 0.4) is 0 Å². The molecule has 1 aliphatic heterocycles. The van der Waals surface area contributed by atoms with Gasteiger partial charge in [0.25, 0.3) is 0 Å². The number of carbonyl (C=O) groups excluding carboxylic acids is 1. The molecule has 0 radical (unpaired) electrons. The third-order valence-corrected chi connectivity index (χ3v) is 4.82. The predicted molar refractivity (Wildman–Crippen MR) is 95.4 cm³/mol. The Morgan fingerprint density at radius 1 is 1.12 bits per heavy atom. The van der Waals surface area contributed by atoms with Gasteiger partial charge in [-0.1, -0.05) is 25.5 Å². The second kappa shape index (κ2) is 8.39. The van der Waals surface area contributed by atoms with Crippen molar-refractivity contribution in [2.75, 3.05) is 26.2 Å². The molecule has 7 heteroatoms. The van der Waals surface area contributed by atoms with Crippen LogP contribution in [0.1, 0.15) is 44.2 Å². The van der Waals surface area contributed by atoms with E-state index in [2.05, 4.69) is 4.90 Å². The Labute approximate surface area is 153 Å². The number of alkyl halides is 3. The average Bonchev–Trinajstić information content (AvgIpc) is 2.79. The second-order valence-corrected chi connectivity index (χ2v) is 7.28. The Hall–Kier alpha value is -1.60. The van der Waals surface area contributed by atoms with E-state index in [-0.39, 0.29) is 5.91 Å². The van der Waals surface area contributed by atoms with Crippen LogP contribution in [0.5, 0.6) is 0 Å². The molecule has 1 atom stereocenters. The van der Waals surface area contributed by atoms with Gasteiger partial charge in [0.15, 0.2) is 0 Å². The van der Waals surface area contributed by atoms with Crippen LogP contribution in [0.4, 0.5) is 13.2 Å². The van der Waals surface area contributed by atoms with Crippen LogP contribution in [0, 0.1) is 0 Å². The molecule has 1 amide bonds. The van der Waals surface area contributed by atoms with Crippen molar-refractivity contribution in [1.29, 1.82) is 0 Å². The molecule has 0 spiro atoms. The van der Waals surface area contributed by atoms with E-state index < -0.39 is 17.3 Å². The summed E-state index contributed by atoms with van der Waals surface area (Å²) in [5.41, 5.74) is 5.54. The summed E-state index contributed by atoms with van der Waals surface area (Å²) in [6, 6.07) is 5.28. The first-order valence-electron chi connectivity index (χ1n) is 9.10. The molecule has 0 bridgehead atoms. The minimum absolute atomic E-state index is 0.0178. The maximum absolute atomic E-state index is 12.6. The highest BCUT2D eigenvalue weighted by Gasteiger charge is 2.33. The molecule has 1 aliphatic rings. The summed E-state index contributed by atoms with van der Waals surface area (Å²) < 4.78 is 37.9. The van der Waals surface area contributed by atoms with Crippen molar-refractivity contribution in [3.05, 3.63) is 35.4 Å². The van der Waals surface area contributed by atoms with Crippen molar-refractivity contribution < 1.29 is 18.0 Å². The molecule has 0 saturated carbocycles. The molecule has 0 aliphatic carbocycles. The Bertz CT molecular complexity index is 599. The van der Waals surface area contributed by atoms with E-state index in [1.54, 1.807) is 6.92 Å². The van der Waals surface area contributed by atoms with Crippen molar-refractivity contribution in [2.24, 2.45) is 5.73 Å². The van der Waals surface area contributed by atoms with Crippen LogP contribution in [0.15, 0.2) is 24.3 Å². The zero-order valence-corrected chi connectivity index (χ0v) is 15.5. The van der Waals surface area contributed by atoms with Crippen LogP contribution in [-0.4, -0.2) is 47.4 Å². The van der Waals surface area contributed by atoms with Crippen molar-refractivity contribution in [2.45, 2.75) is 51.4 Å². The van der Waals surface area contributed by atoms with Crippen molar-refractivity contribution in [3.63, 3.8) is 0 Å². The van der Waals surface area contributed by atoms with E-state index in [9.17, 15) is 18.0 Å². The maximum atomic E-state index is 12.6. The van der Waals surface area contributed by atoms with Gasteiger partial charge in [0.05, 0.1) is 11.1 Å². The number of carbonyl (C=O) groups is 1. The summed E-state index contributed by atoms with van der Waals surface area (Å²) in [7, 11) is 0. The molecule has 4 nitrogen and oxygen atoms in total. The first-order valence-corrected chi connectivity index (χ1v) is 9.10. The van der Waals surface area contributed by atoms with Gasteiger partial charge in [0.2, 0.25) is 5.91 Å². The van der Waals surface area contributed by atoms with E-state index in [0.29, 0.717) is 32.6 Å². The largest absolute Gasteiger partial charge is 0.416 e. The fourth-order valence-electron chi connectivity index (χ4n) is 3.38. The van der Waals surface area contributed by atoms with Crippen LogP contribution in [-0.2, 0) is 17.5 Å². The molecule has 1 unspecified atom stereocenters. The molecule has 1 aromatic rings. The standard InChI is InChI=1S/C19H28F3N3O/c1-3-9-18(2,23)17(26)25-11-4-10-24(12-13-25)14-15-5-7-16(8-6-15)19(20,21)22/h5-8H,3-4,9-14,23H2,1-2H3. The fraction of sp³-hybridized carbons (Fsp3) is 0.632. The molecule has 146 valence electrons.